The second kappa shape index (κ2) is 8.64. The number of nitrogens with zero attached hydrogens (tertiary/aromatic N) is 2. The van der Waals surface area contributed by atoms with Crippen LogP contribution in [0.3, 0.4) is 0 Å². The first-order valence-corrected chi connectivity index (χ1v) is 11.9. The number of aliphatic imine (C=N–C) groups is 1. The molecule has 3 aliphatic rings. The van der Waals surface area contributed by atoms with Crippen LogP contribution in [0.4, 0.5) is 4.39 Å². The third kappa shape index (κ3) is 3.80. The molecule has 3 aliphatic heterocycles. The monoisotopic (exact) mass is 441 g/mol. The van der Waals surface area contributed by atoms with Gasteiger partial charge in [-0.1, -0.05) is 60.7 Å². The molecule has 0 unspecified atom stereocenters. The number of hydrogen-bond donors (Lipinski definition) is 1. The lowest BCUT2D eigenvalue weighted by atomic mass is 9.84. The van der Waals surface area contributed by atoms with E-state index in [1.807, 2.05) is 18.2 Å². The van der Waals surface area contributed by atoms with Gasteiger partial charge in [-0.25, -0.2) is 9.38 Å². The number of benzene rings is 3. The van der Waals surface area contributed by atoms with Crippen LogP contribution in [-0.2, 0) is 11.2 Å². The molecule has 0 saturated carbocycles. The number of nitrogens with one attached hydrogen (secondary N) is 1. The van der Waals surface area contributed by atoms with Gasteiger partial charge in [0.1, 0.15) is 11.9 Å². The zero-order chi connectivity index (χ0) is 22.2. The van der Waals surface area contributed by atoms with Crippen molar-refractivity contribution in [1.29, 1.82) is 0 Å². The van der Waals surface area contributed by atoms with Crippen LogP contribution >= 0.6 is 0 Å². The molecule has 3 aromatic rings. The van der Waals surface area contributed by atoms with Crippen LogP contribution in [0.2, 0.25) is 0 Å². The first-order valence-electron chi connectivity index (χ1n) is 11.9. The Balaban J connectivity index is 1.39. The van der Waals surface area contributed by atoms with Crippen molar-refractivity contribution in [2.24, 2.45) is 10.9 Å². The van der Waals surface area contributed by atoms with Gasteiger partial charge in [0.05, 0.1) is 12.6 Å². The number of amidine groups is 1. The van der Waals surface area contributed by atoms with Gasteiger partial charge in [0.2, 0.25) is 0 Å². The van der Waals surface area contributed by atoms with Crippen molar-refractivity contribution in [1.82, 2.24) is 10.2 Å². The van der Waals surface area contributed by atoms with E-state index in [2.05, 4.69) is 52.7 Å². The van der Waals surface area contributed by atoms with Gasteiger partial charge in [0, 0.05) is 19.0 Å². The van der Waals surface area contributed by atoms with Crippen molar-refractivity contribution < 1.29 is 9.13 Å². The van der Waals surface area contributed by atoms with Crippen LogP contribution in [-0.4, -0.2) is 43.2 Å². The van der Waals surface area contributed by atoms with Crippen LogP contribution in [0, 0.1) is 11.7 Å². The van der Waals surface area contributed by atoms with Crippen LogP contribution < -0.4 is 5.32 Å². The summed E-state index contributed by atoms with van der Waals surface area (Å²) in [4.78, 5) is 7.14. The molecule has 4 nitrogen and oxygen atoms in total. The lowest BCUT2D eigenvalue weighted by Crippen LogP contribution is -2.42. The molecule has 0 spiro atoms. The summed E-state index contributed by atoms with van der Waals surface area (Å²) in [5, 5.41) is 3.44. The summed E-state index contributed by atoms with van der Waals surface area (Å²) in [5.41, 5.74) is 6.14. The molecule has 0 amide bonds. The molecule has 33 heavy (non-hydrogen) atoms. The van der Waals surface area contributed by atoms with Crippen molar-refractivity contribution in [3.63, 3.8) is 0 Å². The maximum absolute atomic E-state index is 13.8. The topological polar surface area (TPSA) is 36.9 Å². The fourth-order valence-electron chi connectivity index (χ4n) is 5.54. The Kier molecular flexibility index (Phi) is 5.35. The maximum atomic E-state index is 13.8. The van der Waals surface area contributed by atoms with Gasteiger partial charge in [-0.05, 0) is 59.3 Å². The molecule has 1 N–H and O–H groups in total. The summed E-state index contributed by atoms with van der Waals surface area (Å²) in [6.07, 6.45) is 2.19. The highest BCUT2D eigenvalue weighted by Gasteiger charge is 2.38. The summed E-state index contributed by atoms with van der Waals surface area (Å²) in [7, 11) is 0. The highest BCUT2D eigenvalue weighted by atomic mass is 19.1. The molecule has 6 rings (SSSR count). The van der Waals surface area contributed by atoms with Crippen LogP contribution in [0.15, 0.2) is 77.8 Å². The molecule has 168 valence electrons. The summed E-state index contributed by atoms with van der Waals surface area (Å²) in [6, 6.07) is 24.7. The molecule has 5 heteroatoms. The fraction of sp³-hybridized carbons (Fsp3) is 0.321. The highest BCUT2D eigenvalue weighted by Crippen LogP contribution is 2.40. The van der Waals surface area contributed by atoms with Crippen LogP contribution in [0.1, 0.15) is 29.2 Å². The summed E-state index contributed by atoms with van der Waals surface area (Å²) < 4.78 is 20.2. The fourth-order valence-corrected chi connectivity index (χ4v) is 5.54. The molecule has 1 saturated heterocycles. The lowest BCUT2D eigenvalue weighted by Gasteiger charge is -2.39. The minimum Gasteiger partial charge on any atom is -0.460 e. The average molecular weight is 442 g/mol. The second-order valence-corrected chi connectivity index (χ2v) is 9.17. The van der Waals surface area contributed by atoms with E-state index in [-0.39, 0.29) is 18.0 Å². The Morgan fingerprint density at radius 1 is 0.970 bits per heavy atom. The Bertz CT molecular complexity index is 1160. The first kappa shape index (κ1) is 20.4. The molecule has 3 heterocycles. The molecule has 0 radical (unpaired) electrons. The van der Waals surface area contributed by atoms with Crippen molar-refractivity contribution >= 4 is 6.02 Å². The molecule has 0 aliphatic carbocycles. The molecular formula is C28H28FN3O. The molecule has 3 aromatic carbocycles. The molecule has 3 atom stereocenters. The third-order valence-electron chi connectivity index (χ3n) is 7.22. The van der Waals surface area contributed by atoms with Gasteiger partial charge >= 0.3 is 0 Å². The Morgan fingerprint density at radius 3 is 2.61 bits per heavy atom. The van der Waals surface area contributed by atoms with Crippen molar-refractivity contribution in [2.75, 3.05) is 26.2 Å². The van der Waals surface area contributed by atoms with Gasteiger partial charge in [0.15, 0.2) is 0 Å². The highest BCUT2D eigenvalue weighted by molar-refractivity contribution is 5.78. The van der Waals surface area contributed by atoms with E-state index in [1.165, 1.54) is 22.3 Å². The minimum absolute atomic E-state index is 0.0581. The third-order valence-corrected chi connectivity index (χ3v) is 7.22. The predicted octanol–water partition coefficient (Wildman–Crippen LogP) is 4.80. The van der Waals surface area contributed by atoms with E-state index in [9.17, 15) is 4.39 Å². The van der Waals surface area contributed by atoms with E-state index in [0.29, 0.717) is 12.5 Å². The SMILES string of the molecule is Fc1ccc([C@H]2c3cccc(-c4ccccc4)c3CCN2C2=NC[C@@H]([C@H]3CCNC3)O2)cc1. The normalized spacial score (nSPS) is 24.3. The summed E-state index contributed by atoms with van der Waals surface area (Å²) >= 11 is 0. The largest absolute Gasteiger partial charge is 0.460 e. The van der Waals surface area contributed by atoms with E-state index in [1.54, 1.807) is 12.1 Å². The van der Waals surface area contributed by atoms with Gasteiger partial charge in [-0.2, -0.15) is 0 Å². The smallest absolute Gasteiger partial charge is 0.288 e. The van der Waals surface area contributed by atoms with E-state index in [4.69, 9.17) is 9.73 Å². The summed E-state index contributed by atoms with van der Waals surface area (Å²) in [5.74, 6) is 0.292. The number of ether oxygens (including phenoxy) is 1. The van der Waals surface area contributed by atoms with Crippen molar-refractivity contribution in [3.8, 4) is 11.1 Å². The Morgan fingerprint density at radius 2 is 1.82 bits per heavy atom. The predicted molar refractivity (Wildman–Crippen MR) is 129 cm³/mol. The van der Waals surface area contributed by atoms with Crippen molar-refractivity contribution in [2.45, 2.75) is 25.0 Å². The number of fused-ring (bicyclic) bond motifs is 1. The second-order valence-electron chi connectivity index (χ2n) is 9.17. The van der Waals surface area contributed by atoms with E-state index >= 15 is 0 Å². The van der Waals surface area contributed by atoms with Gasteiger partial charge in [0.25, 0.3) is 6.02 Å². The number of halogens is 1. The van der Waals surface area contributed by atoms with Gasteiger partial charge in [-0.15, -0.1) is 0 Å². The van der Waals surface area contributed by atoms with E-state index in [0.717, 1.165) is 44.1 Å². The summed E-state index contributed by atoms with van der Waals surface area (Å²) in [6.45, 7) is 3.58. The van der Waals surface area contributed by atoms with Gasteiger partial charge in [-0.3, -0.25) is 0 Å². The van der Waals surface area contributed by atoms with Crippen LogP contribution in [0.25, 0.3) is 11.1 Å². The number of rotatable bonds is 3. The molecular weight excluding hydrogens is 413 g/mol. The lowest BCUT2D eigenvalue weighted by molar-refractivity contribution is 0.126. The number of hydrogen-bond acceptors (Lipinski definition) is 4. The van der Waals surface area contributed by atoms with Crippen LogP contribution in [0.5, 0.6) is 0 Å². The standard InChI is InChI=1S/C28H28FN3O/c29-22-11-9-20(10-12-22)27-25-8-4-7-23(19-5-2-1-3-6-19)24(25)14-16-32(27)28-31-18-26(33-28)21-13-15-30-17-21/h1-12,21,26-27,30H,13-18H2/t21-,26-,27-/m0/s1. The molecule has 0 bridgehead atoms. The quantitative estimate of drug-likeness (QED) is 0.634. The molecule has 0 aromatic heterocycles. The Labute approximate surface area is 194 Å². The Hall–Kier alpha value is -3.18. The molecule has 1 fully saturated rings. The zero-order valence-electron chi connectivity index (χ0n) is 18.6. The zero-order valence-corrected chi connectivity index (χ0v) is 18.6. The minimum atomic E-state index is -0.220. The first-order chi connectivity index (χ1) is 16.3. The maximum Gasteiger partial charge on any atom is 0.288 e. The average Bonchev–Trinajstić information content (AvgIpc) is 3.56. The van der Waals surface area contributed by atoms with Crippen molar-refractivity contribution in [3.05, 3.63) is 95.3 Å². The van der Waals surface area contributed by atoms with Gasteiger partial charge < -0.3 is 15.0 Å². The van der Waals surface area contributed by atoms with E-state index < -0.39 is 0 Å².